The highest BCUT2D eigenvalue weighted by atomic mass is 16.2. The van der Waals surface area contributed by atoms with Gasteiger partial charge in [-0.3, -0.25) is 10.1 Å². The summed E-state index contributed by atoms with van der Waals surface area (Å²) in [7, 11) is 0. The van der Waals surface area contributed by atoms with Crippen molar-refractivity contribution in [3.8, 4) is 0 Å². The molecular weight excluding hydrogens is 226 g/mol. The Labute approximate surface area is 108 Å². The zero-order chi connectivity index (χ0) is 12.8. The molecule has 0 unspecified atom stereocenters. The van der Waals surface area contributed by atoms with Crippen LogP contribution in [0, 0.1) is 0 Å². The molecule has 4 heteroatoms. The number of benzene rings is 1. The summed E-state index contributed by atoms with van der Waals surface area (Å²) in [5, 5.41) is 6.34. The molecule has 0 saturated carbocycles. The molecule has 4 N–H and O–H groups in total. The minimum atomic E-state index is -0.0507. The number of carbonyl (C=O) groups is 1. The summed E-state index contributed by atoms with van der Waals surface area (Å²) in [5.74, 6) is 0.118. The number of hydrogen-bond acceptors (Lipinski definition) is 3. The number of nitrogens with two attached hydrogens (primary N) is 1. The van der Waals surface area contributed by atoms with Gasteiger partial charge in [0.25, 0.3) is 0 Å². The minimum Gasteiger partial charge on any atom is -0.339 e. The van der Waals surface area contributed by atoms with Crippen molar-refractivity contribution in [3.63, 3.8) is 0 Å². The maximum atomic E-state index is 11.8. The van der Waals surface area contributed by atoms with E-state index in [1.54, 1.807) is 0 Å². The monoisotopic (exact) mass is 247 g/mol. The highest BCUT2D eigenvalue weighted by Gasteiger charge is 2.30. The Morgan fingerprint density at radius 1 is 1.17 bits per heavy atom. The smallest absolute Gasteiger partial charge is 0.238 e. The van der Waals surface area contributed by atoms with Gasteiger partial charge >= 0.3 is 0 Å². The second kappa shape index (κ2) is 6.52. The molecule has 1 fully saturated rings. The average molecular weight is 247 g/mol. The van der Waals surface area contributed by atoms with Crippen LogP contribution in [0.1, 0.15) is 24.8 Å². The van der Waals surface area contributed by atoms with E-state index in [9.17, 15) is 4.79 Å². The number of unbranched alkanes of at least 4 members (excludes halogenated alkanes) is 1. The fourth-order valence-electron chi connectivity index (χ4n) is 2.30. The molecule has 0 aromatic heterocycles. The van der Waals surface area contributed by atoms with E-state index in [4.69, 9.17) is 5.73 Å². The molecule has 0 aliphatic carbocycles. The zero-order valence-corrected chi connectivity index (χ0v) is 10.6. The van der Waals surface area contributed by atoms with Gasteiger partial charge in [0.05, 0.1) is 12.2 Å². The predicted molar refractivity (Wildman–Crippen MR) is 71.9 cm³/mol. The minimum absolute atomic E-state index is 0.0507. The van der Waals surface area contributed by atoms with Crippen LogP contribution in [0.2, 0.25) is 0 Å². The van der Waals surface area contributed by atoms with Gasteiger partial charge < -0.3 is 11.1 Å². The summed E-state index contributed by atoms with van der Waals surface area (Å²) in [6, 6.07) is 10.1. The molecule has 1 aromatic carbocycles. The Morgan fingerprint density at radius 3 is 2.67 bits per heavy atom. The molecule has 4 nitrogen and oxygen atoms in total. The van der Waals surface area contributed by atoms with E-state index in [1.165, 1.54) is 5.56 Å². The first kappa shape index (κ1) is 13.1. The fourth-order valence-corrected chi connectivity index (χ4v) is 2.30. The third kappa shape index (κ3) is 3.55. The second-order valence-electron chi connectivity index (χ2n) is 4.75. The van der Waals surface area contributed by atoms with Gasteiger partial charge in [-0.15, -0.1) is 0 Å². The topological polar surface area (TPSA) is 67.2 Å². The van der Waals surface area contributed by atoms with Gasteiger partial charge in [0, 0.05) is 6.42 Å². The van der Waals surface area contributed by atoms with E-state index in [1.807, 2.05) is 18.2 Å². The summed E-state index contributed by atoms with van der Waals surface area (Å²) in [6.45, 7) is 0.696. The van der Waals surface area contributed by atoms with Gasteiger partial charge in [0.1, 0.15) is 0 Å². The lowest BCUT2D eigenvalue weighted by molar-refractivity contribution is -0.120. The van der Waals surface area contributed by atoms with Gasteiger partial charge in [0.15, 0.2) is 0 Å². The predicted octanol–water partition coefficient (Wildman–Crippen LogP) is 0.772. The summed E-state index contributed by atoms with van der Waals surface area (Å²) in [6.07, 6.45) is 3.74. The lowest BCUT2D eigenvalue weighted by Crippen LogP contribution is -2.35. The summed E-state index contributed by atoms with van der Waals surface area (Å²) in [5.41, 5.74) is 6.69. The van der Waals surface area contributed by atoms with E-state index in [2.05, 4.69) is 22.8 Å². The molecule has 98 valence electrons. The van der Waals surface area contributed by atoms with Crippen molar-refractivity contribution in [1.82, 2.24) is 10.6 Å². The Hall–Kier alpha value is -1.39. The molecule has 1 aromatic rings. The van der Waals surface area contributed by atoms with E-state index in [-0.39, 0.29) is 18.1 Å². The molecule has 0 spiro atoms. The van der Waals surface area contributed by atoms with Crippen molar-refractivity contribution in [3.05, 3.63) is 35.9 Å². The molecule has 18 heavy (non-hydrogen) atoms. The number of carbonyl (C=O) groups excluding carboxylic acids is 1. The first-order chi connectivity index (χ1) is 8.79. The summed E-state index contributed by atoms with van der Waals surface area (Å²) in [4.78, 5) is 11.8. The maximum Gasteiger partial charge on any atom is 0.238 e. The number of amides is 1. The first-order valence-corrected chi connectivity index (χ1v) is 6.60. The van der Waals surface area contributed by atoms with Crippen molar-refractivity contribution in [2.75, 3.05) is 6.54 Å². The average Bonchev–Trinajstić information content (AvgIpc) is 2.71. The van der Waals surface area contributed by atoms with E-state index in [0.29, 0.717) is 6.54 Å². The molecule has 2 rings (SSSR count). The standard InChI is InChI=1S/C14H21N3O/c15-9-5-4-8-12-14(18)17-13(16-12)10-11-6-2-1-3-7-11/h1-3,6-7,12-13,16H,4-5,8-10,15H2,(H,17,18)/t12-,13+/m0/s1. The molecule has 1 aliphatic heterocycles. The zero-order valence-electron chi connectivity index (χ0n) is 10.6. The molecular formula is C14H21N3O. The summed E-state index contributed by atoms with van der Waals surface area (Å²) >= 11 is 0. The van der Waals surface area contributed by atoms with Gasteiger partial charge in [0.2, 0.25) is 5.91 Å². The summed E-state index contributed by atoms with van der Waals surface area (Å²) < 4.78 is 0. The lowest BCUT2D eigenvalue weighted by Gasteiger charge is -2.11. The SMILES string of the molecule is NCCCC[C@@H]1N[C@@H](Cc2ccccc2)NC1=O. The third-order valence-electron chi connectivity index (χ3n) is 3.26. The fraction of sp³-hybridized carbons (Fsp3) is 0.500. The van der Waals surface area contributed by atoms with Crippen LogP contribution in [0.25, 0.3) is 0 Å². The van der Waals surface area contributed by atoms with Crippen LogP contribution < -0.4 is 16.4 Å². The molecule has 2 atom stereocenters. The Morgan fingerprint density at radius 2 is 1.94 bits per heavy atom. The van der Waals surface area contributed by atoms with Crippen LogP contribution in [0.5, 0.6) is 0 Å². The Kier molecular flexibility index (Phi) is 4.73. The normalized spacial score (nSPS) is 23.1. The number of rotatable bonds is 6. The Balaban J connectivity index is 1.81. The molecule has 1 heterocycles. The molecule has 1 saturated heterocycles. The first-order valence-electron chi connectivity index (χ1n) is 6.60. The van der Waals surface area contributed by atoms with Crippen LogP contribution in [0.4, 0.5) is 0 Å². The lowest BCUT2D eigenvalue weighted by atomic mass is 10.1. The van der Waals surface area contributed by atoms with Crippen LogP contribution >= 0.6 is 0 Å². The highest BCUT2D eigenvalue weighted by Crippen LogP contribution is 2.10. The van der Waals surface area contributed by atoms with Crippen molar-refractivity contribution in [2.45, 2.75) is 37.9 Å². The van der Waals surface area contributed by atoms with Gasteiger partial charge in [-0.2, -0.15) is 0 Å². The molecule has 0 radical (unpaired) electrons. The quantitative estimate of drug-likeness (QED) is 0.651. The molecule has 1 amide bonds. The number of nitrogens with one attached hydrogen (secondary N) is 2. The maximum absolute atomic E-state index is 11.8. The second-order valence-corrected chi connectivity index (χ2v) is 4.75. The van der Waals surface area contributed by atoms with Gasteiger partial charge in [-0.1, -0.05) is 36.8 Å². The van der Waals surface area contributed by atoms with Crippen molar-refractivity contribution in [1.29, 1.82) is 0 Å². The highest BCUT2D eigenvalue weighted by molar-refractivity contribution is 5.84. The van der Waals surface area contributed by atoms with Crippen molar-refractivity contribution < 1.29 is 4.79 Å². The van der Waals surface area contributed by atoms with Crippen LogP contribution in [-0.2, 0) is 11.2 Å². The molecule has 1 aliphatic rings. The van der Waals surface area contributed by atoms with Crippen LogP contribution in [0.3, 0.4) is 0 Å². The van der Waals surface area contributed by atoms with Crippen LogP contribution in [-0.4, -0.2) is 24.7 Å². The number of hydrogen-bond donors (Lipinski definition) is 3. The Bertz CT molecular complexity index is 380. The van der Waals surface area contributed by atoms with Gasteiger partial charge in [-0.25, -0.2) is 0 Å². The van der Waals surface area contributed by atoms with Crippen molar-refractivity contribution in [2.24, 2.45) is 5.73 Å². The third-order valence-corrected chi connectivity index (χ3v) is 3.26. The van der Waals surface area contributed by atoms with Crippen molar-refractivity contribution >= 4 is 5.91 Å². The van der Waals surface area contributed by atoms with E-state index >= 15 is 0 Å². The van der Waals surface area contributed by atoms with Gasteiger partial charge in [-0.05, 0) is 24.9 Å². The van der Waals surface area contributed by atoms with Crippen LogP contribution in [0.15, 0.2) is 30.3 Å². The molecule has 0 bridgehead atoms. The van der Waals surface area contributed by atoms with E-state index in [0.717, 1.165) is 25.7 Å². The van der Waals surface area contributed by atoms with E-state index < -0.39 is 0 Å². The largest absolute Gasteiger partial charge is 0.339 e.